The molecule has 1 aliphatic carbocycles. The van der Waals surface area contributed by atoms with Crippen molar-refractivity contribution in [1.82, 2.24) is 5.32 Å². The zero-order chi connectivity index (χ0) is 14.3. The zero-order valence-corrected chi connectivity index (χ0v) is 10.6. The molecular weight excluding hydrogens is 262 g/mol. The van der Waals surface area contributed by atoms with Gasteiger partial charge in [-0.05, 0) is 25.0 Å². The van der Waals surface area contributed by atoms with Gasteiger partial charge in [0.15, 0.2) is 0 Å². The van der Waals surface area contributed by atoms with Crippen molar-refractivity contribution in [3.05, 3.63) is 34.4 Å². The van der Waals surface area contributed by atoms with Crippen LogP contribution in [0.2, 0.25) is 0 Å². The SMILES string of the molecule is O=C1CC(NC2CC2)C(=O)N1c1ccc([N+](=O)[O-])cc1. The number of hydrogen-bond acceptors (Lipinski definition) is 5. The lowest BCUT2D eigenvalue weighted by Crippen LogP contribution is -2.39. The Kier molecular flexibility index (Phi) is 2.98. The van der Waals surface area contributed by atoms with Crippen LogP contribution in [0.25, 0.3) is 0 Å². The van der Waals surface area contributed by atoms with E-state index in [1.54, 1.807) is 0 Å². The van der Waals surface area contributed by atoms with Gasteiger partial charge in [-0.15, -0.1) is 0 Å². The minimum absolute atomic E-state index is 0.0690. The van der Waals surface area contributed by atoms with E-state index in [4.69, 9.17) is 0 Å². The summed E-state index contributed by atoms with van der Waals surface area (Å²) in [5.74, 6) is -0.558. The molecule has 1 aromatic carbocycles. The monoisotopic (exact) mass is 275 g/mol. The Labute approximate surface area is 114 Å². The fourth-order valence-electron chi connectivity index (χ4n) is 2.29. The molecule has 104 valence electrons. The molecule has 3 rings (SSSR count). The predicted molar refractivity (Wildman–Crippen MR) is 70.2 cm³/mol. The number of benzene rings is 1. The molecule has 20 heavy (non-hydrogen) atoms. The first kappa shape index (κ1) is 12.7. The molecule has 2 aliphatic rings. The Bertz CT molecular complexity index is 580. The second kappa shape index (κ2) is 4.68. The van der Waals surface area contributed by atoms with E-state index in [-0.39, 0.29) is 23.9 Å². The number of nitrogens with one attached hydrogen (secondary N) is 1. The third kappa shape index (κ3) is 2.27. The van der Waals surface area contributed by atoms with E-state index < -0.39 is 11.0 Å². The molecule has 1 atom stereocenters. The quantitative estimate of drug-likeness (QED) is 0.502. The maximum Gasteiger partial charge on any atom is 0.269 e. The Morgan fingerprint density at radius 1 is 1.20 bits per heavy atom. The van der Waals surface area contributed by atoms with Crippen molar-refractivity contribution < 1.29 is 14.5 Å². The van der Waals surface area contributed by atoms with Crippen molar-refractivity contribution in [2.24, 2.45) is 0 Å². The number of rotatable bonds is 4. The maximum absolute atomic E-state index is 12.2. The van der Waals surface area contributed by atoms with Crippen LogP contribution in [0.3, 0.4) is 0 Å². The second-order valence-corrected chi connectivity index (χ2v) is 5.04. The van der Waals surface area contributed by atoms with Crippen molar-refractivity contribution in [3.63, 3.8) is 0 Å². The number of carbonyl (C=O) groups excluding carboxylic acids is 2. The van der Waals surface area contributed by atoms with Crippen molar-refractivity contribution in [3.8, 4) is 0 Å². The summed E-state index contributed by atoms with van der Waals surface area (Å²) in [5.41, 5.74) is 0.311. The largest absolute Gasteiger partial charge is 0.303 e. The number of amides is 2. The van der Waals surface area contributed by atoms with Gasteiger partial charge in [-0.25, -0.2) is 4.90 Å². The van der Waals surface area contributed by atoms with Gasteiger partial charge in [0.05, 0.1) is 23.1 Å². The summed E-state index contributed by atoms with van der Waals surface area (Å²) in [6.45, 7) is 0. The summed E-state index contributed by atoms with van der Waals surface area (Å²) in [4.78, 5) is 35.3. The van der Waals surface area contributed by atoms with Crippen LogP contribution in [-0.4, -0.2) is 28.8 Å². The molecule has 1 saturated carbocycles. The minimum atomic E-state index is -0.519. The average molecular weight is 275 g/mol. The van der Waals surface area contributed by atoms with Crippen LogP contribution < -0.4 is 10.2 Å². The highest BCUT2D eigenvalue weighted by molar-refractivity contribution is 6.22. The molecule has 2 fully saturated rings. The Morgan fingerprint density at radius 3 is 2.40 bits per heavy atom. The van der Waals surface area contributed by atoms with E-state index in [1.807, 2.05) is 0 Å². The van der Waals surface area contributed by atoms with Crippen LogP contribution in [0.1, 0.15) is 19.3 Å². The number of anilines is 1. The summed E-state index contributed by atoms with van der Waals surface area (Å²) in [7, 11) is 0. The van der Waals surface area contributed by atoms with E-state index >= 15 is 0 Å². The molecular formula is C13H13N3O4. The van der Waals surface area contributed by atoms with Gasteiger partial charge in [0.25, 0.3) is 11.6 Å². The summed E-state index contributed by atoms with van der Waals surface area (Å²) >= 11 is 0. The Morgan fingerprint density at radius 2 is 1.85 bits per heavy atom. The van der Waals surface area contributed by atoms with Crippen LogP contribution in [-0.2, 0) is 9.59 Å². The molecule has 1 heterocycles. The predicted octanol–water partition coefficient (Wildman–Crippen LogP) is 0.979. The molecule has 0 spiro atoms. The number of nitrogens with zero attached hydrogens (tertiary/aromatic N) is 2. The number of imide groups is 1. The molecule has 1 aliphatic heterocycles. The van der Waals surface area contributed by atoms with Crippen molar-refractivity contribution in [2.45, 2.75) is 31.3 Å². The van der Waals surface area contributed by atoms with Crippen LogP contribution in [0.5, 0.6) is 0 Å². The van der Waals surface area contributed by atoms with Gasteiger partial charge in [0, 0.05) is 18.2 Å². The highest BCUT2D eigenvalue weighted by atomic mass is 16.6. The lowest BCUT2D eigenvalue weighted by Gasteiger charge is -2.15. The fourth-order valence-corrected chi connectivity index (χ4v) is 2.29. The highest BCUT2D eigenvalue weighted by Crippen LogP contribution is 2.27. The van der Waals surface area contributed by atoms with E-state index in [2.05, 4.69) is 5.32 Å². The Hall–Kier alpha value is -2.28. The van der Waals surface area contributed by atoms with Gasteiger partial charge < -0.3 is 5.32 Å². The molecule has 1 aromatic rings. The number of nitro benzene ring substituents is 1. The summed E-state index contributed by atoms with van der Waals surface area (Å²) in [5, 5.41) is 13.7. The lowest BCUT2D eigenvalue weighted by atomic mass is 10.2. The third-order valence-electron chi connectivity index (χ3n) is 3.48. The maximum atomic E-state index is 12.2. The Balaban J connectivity index is 1.79. The van der Waals surface area contributed by atoms with E-state index in [1.165, 1.54) is 24.3 Å². The van der Waals surface area contributed by atoms with Crippen molar-refractivity contribution in [1.29, 1.82) is 0 Å². The van der Waals surface area contributed by atoms with Gasteiger partial charge in [0.2, 0.25) is 5.91 Å². The molecule has 0 bridgehead atoms. The van der Waals surface area contributed by atoms with Crippen molar-refractivity contribution in [2.75, 3.05) is 4.90 Å². The van der Waals surface area contributed by atoms with Gasteiger partial charge >= 0.3 is 0 Å². The van der Waals surface area contributed by atoms with Gasteiger partial charge in [-0.3, -0.25) is 19.7 Å². The molecule has 7 nitrogen and oxygen atoms in total. The van der Waals surface area contributed by atoms with E-state index in [0.29, 0.717) is 11.7 Å². The first-order valence-corrected chi connectivity index (χ1v) is 6.43. The fraction of sp³-hybridized carbons (Fsp3) is 0.385. The van der Waals surface area contributed by atoms with E-state index in [9.17, 15) is 19.7 Å². The summed E-state index contributed by atoms with van der Waals surface area (Å²) < 4.78 is 0. The number of hydrogen-bond donors (Lipinski definition) is 1. The molecule has 1 saturated heterocycles. The summed E-state index contributed by atoms with van der Waals surface area (Å²) in [6, 6.07) is 5.30. The van der Waals surface area contributed by atoms with Crippen molar-refractivity contribution >= 4 is 23.2 Å². The summed E-state index contributed by atoms with van der Waals surface area (Å²) in [6.07, 6.45) is 2.22. The average Bonchev–Trinajstić information content (AvgIpc) is 3.17. The van der Waals surface area contributed by atoms with Crippen LogP contribution in [0, 0.1) is 10.1 Å². The highest BCUT2D eigenvalue weighted by Gasteiger charge is 2.41. The molecule has 0 radical (unpaired) electrons. The first-order valence-electron chi connectivity index (χ1n) is 6.43. The van der Waals surface area contributed by atoms with Gasteiger partial charge in [-0.1, -0.05) is 0 Å². The standard InChI is InChI=1S/C13H13N3O4/c17-12-7-11(14-8-1-2-8)13(18)15(12)9-3-5-10(6-4-9)16(19)20/h3-6,8,11,14H,1-2,7H2. The first-order chi connectivity index (χ1) is 9.56. The van der Waals surface area contributed by atoms with Gasteiger partial charge in [0.1, 0.15) is 0 Å². The molecule has 7 heteroatoms. The third-order valence-corrected chi connectivity index (χ3v) is 3.48. The van der Waals surface area contributed by atoms with Crippen LogP contribution in [0.4, 0.5) is 11.4 Å². The molecule has 1 N–H and O–H groups in total. The molecule has 0 aromatic heterocycles. The minimum Gasteiger partial charge on any atom is -0.303 e. The number of non-ortho nitro benzene ring substituents is 1. The second-order valence-electron chi connectivity index (χ2n) is 5.04. The smallest absolute Gasteiger partial charge is 0.269 e. The normalized spacial score (nSPS) is 22.4. The number of carbonyl (C=O) groups is 2. The topological polar surface area (TPSA) is 92.6 Å². The van der Waals surface area contributed by atoms with Crippen LogP contribution >= 0.6 is 0 Å². The van der Waals surface area contributed by atoms with Crippen LogP contribution in [0.15, 0.2) is 24.3 Å². The lowest BCUT2D eigenvalue weighted by molar-refractivity contribution is -0.384. The molecule has 1 unspecified atom stereocenters. The number of nitro groups is 1. The zero-order valence-electron chi connectivity index (χ0n) is 10.6. The molecule has 2 amide bonds. The van der Waals surface area contributed by atoms with E-state index in [0.717, 1.165) is 17.7 Å². The van der Waals surface area contributed by atoms with Gasteiger partial charge in [-0.2, -0.15) is 0 Å².